The van der Waals surface area contributed by atoms with E-state index in [1.54, 1.807) is 13.1 Å². The minimum atomic E-state index is -0.573. The number of halogens is 1. The van der Waals surface area contributed by atoms with Crippen molar-refractivity contribution >= 4 is 29.8 Å². The molecule has 0 aliphatic rings. The first kappa shape index (κ1) is 25.1. The van der Waals surface area contributed by atoms with Crippen LogP contribution in [0.15, 0.2) is 59.7 Å². The van der Waals surface area contributed by atoms with Gasteiger partial charge >= 0.3 is 6.09 Å². The number of amides is 2. The number of aryl methyl sites for hydroxylation is 2. The summed E-state index contributed by atoms with van der Waals surface area (Å²) in [6.45, 7) is 7.92. The van der Waals surface area contributed by atoms with E-state index in [0.29, 0.717) is 5.02 Å². The van der Waals surface area contributed by atoms with Gasteiger partial charge in [-0.1, -0.05) is 48.0 Å². The van der Waals surface area contributed by atoms with Crippen molar-refractivity contribution in [3.8, 4) is 5.69 Å². The Kier molecular flexibility index (Phi) is 8.49. The van der Waals surface area contributed by atoms with Crippen LogP contribution in [0.2, 0.25) is 5.02 Å². The highest BCUT2D eigenvalue weighted by Gasteiger charge is 2.19. The first-order chi connectivity index (χ1) is 16.3. The van der Waals surface area contributed by atoms with Gasteiger partial charge in [0.05, 0.1) is 25.3 Å². The lowest BCUT2D eigenvalue weighted by molar-refractivity contribution is -0.121. The van der Waals surface area contributed by atoms with E-state index in [1.807, 2.05) is 75.4 Å². The molecule has 8 heteroatoms. The first-order valence-corrected chi connectivity index (χ1v) is 11.4. The van der Waals surface area contributed by atoms with E-state index in [-0.39, 0.29) is 18.9 Å². The van der Waals surface area contributed by atoms with Crippen molar-refractivity contribution in [1.82, 2.24) is 15.3 Å². The van der Waals surface area contributed by atoms with Crippen molar-refractivity contribution in [2.75, 3.05) is 6.61 Å². The number of aromatic nitrogens is 1. The number of rotatable bonds is 8. The maximum Gasteiger partial charge on any atom is 0.407 e. The molecule has 0 saturated carbocycles. The summed E-state index contributed by atoms with van der Waals surface area (Å²) in [5.74, 6) is -0.332. The van der Waals surface area contributed by atoms with Gasteiger partial charge in [0.25, 0.3) is 0 Å². The molecule has 0 aliphatic carbocycles. The van der Waals surface area contributed by atoms with Crippen molar-refractivity contribution in [1.29, 1.82) is 0 Å². The summed E-state index contributed by atoms with van der Waals surface area (Å²) in [5.41, 5.74) is 8.21. The van der Waals surface area contributed by atoms with Gasteiger partial charge in [-0.3, -0.25) is 4.79 Å². The minimum Gasteiger partial charge on any atom is -0.450 e. The van der Waals surface area contributed by atoms with E-state index in [0.717, 1.165) is 33.8 Å². The van der Waals surface area contributed by atoms with Crippen LogP contribution in [0.5, 0.6) is 0 Å². The van der Waals surface area contributed by atoms with E-state index in [2.05, 4.69) is 20.4 Å². The molecule has 0 aliphatic heterocycles. The summed E-state index contributed by atoms with van der Waals surface area (Å²) in [4.78, 5) is 24.5. The Balaban J connectivity index is 1.70. The zero-order valence-electron chi connectivity index (χ0n) is 19.8. The van der Waals surface area contributed by atoms with E-state index in [1.165, 1.54) is 0 Å². The fourth-order valence-corrected chi connectivity index (χ4v) is 3.87. The van der Waals surface area contributed by atoms with Crippen LogP contribution in [0.25, 0.3) is 5.69 Å². The highest BCUT2D eigenvalue weighted by Crippen LogP contribution is 2.24. The van der Waals surface area contributed by atoms with Gasteiger partial charge in [0, 0.05) is 27.7 Å². The smallest absolute Gasteiger partial charge is 0.407 e. The Morgan fingerprint density at radius 2 is 1.85 bits per heavy atom. The van der Waals surface area contributed by atoms with E-state index >= 15 is 0 Å². The summed E-state index contributed by atoms with van der Waals surface area (Å²) < 4.78 is 7.06. The third kappa shape index (κ3) is 6.26. The topological polar surface area (TPSA) is 84.7 Å². The number of hydrogen-bond donors (Lipinski definition) is 2. The lowest BCUT2D eigenvalue weighted by Crippen LogP contribution is -2.33. The number of hydrogen-bond acceptors (Lipinski definition) is 4. The van der Waals surface area contributed by atoms with Crippen molar-refractivity contribution < 1.29 is 14.3 Å². The molecule has 2 amide bonds. The van der Waals surface area contributed by atoms with Crippen LogP contribution in [-0.2, 0) is 9.53 Å². The van der Waals surface area contributed by atoms with Crippen LogP contribution < -0.4 is 10.7 Å². The number of carbonyl (C=O) groups is 2. The summed E-state index contributed by atoms with van der Waals surface area (Å²) in [6.07, 6.45) is 1.06. The largest absolute Gasteiger partial charge is 0.450 e. The molecule has 7 nitrogen and oxygen atoms in total. The number of carbonyl (C=O) groups excluding carboxylic acids is 2. The minimum absolute atomic E-state index is 0.0149. The molecule has 1 aromatic heterocycles. The molecule has 0 bridgehead atoms. The first-order valence-electron chi connectivity index (χ1n) is 11.1. The van der Waals surface area contributed by atoms with E-state index in [4.69, 9.17) is 16.3 Å². The second-order valence-corrected chi connectivity index (χ2v) is 8.33. The second kappa shape index (κ2) is 11.5. The van der Waals surface area contributed by atoms with Crippen molar-refractivity contribution in [2.24, 2.45) is 5.10 Å². The Labute approximate surface area is 204 Å². The number of ether oxygens (including phenoxy) is 1. The molecule has 0 fully saturated rings. The molecule has 0 unspecified atom stereocenters. The van der Waals surface area contributed by atoms with Crippen LogP contribution in [0.1, 0.15) is 47.5 Å². The molecule has 0 saturated heterocycles. The van der Waals surface area contributed by atoms with Gasteiger partial charge in [0.1, 0.15) is 0 Å². The molecule has 3 rings (SSSR count). The van der Waals surface area contributed by atoms with Crippen LogP contribution in [0, 0.1) is 20.8 Å². The maximum absolute atomic E-state index is 12.6. The van der Waals surface area contributed by atoms with E-state index < -0.39 is 12.1 Å². The lowest BCUT2D eigenvalue weighted by atomic mass is 10.0. The third-order valence-electron chi connectivity index (χ3n) is 5.44. The number of alkyl carbamates (subject to hydrolysis) is 1. The molecule has 1 atom stereocenters. The highest BCUT2D eigenvalue weighted by atomic mass is 35.5. The number of benzene rings is 2. The molecule has 2 N–H and O–H groups in total. The molecular weight excluding hydrogens is 452 g/mol. The van der Waals surface area contributed by atoms with E-state index in [9.17, 15) is 9.59 Å². The predicted molar refractivity (Wildman–Crippen MR) is 135 cm³/mol. The van der Waals surface area contributed by atoms with Gasteiger partial charge < -0.3 is 14.6 Å². The molecule has 3 aromatic rings. The van der Waals surface area contributed by atoms with Gasteiger partial charge in [-0.2, -0.15) is 5.10 Å². The molecule has 0 radical (unpaired) electrons. The average molecular weight is 481 g/mol. The van der Waals surface area contributed by atoms with Crippen LogP contribution >= 0.6 is 11.6 Å². The Morgan fingerprint density at radius 1 is 1.12 bits per heavy atom. The second-order valence-electron chi connectivity index (χ2n) is 7.92. The zero-order valence-corrected chi connectivity index (χ0v) is 20.5. The normalized spacial score (nSPS) is 11.9. The van der Waals surface area contributed by atoms with Gasteiger partial charge in [0.15, 0.2) is 0 Å². The third-order valence-corrected chi connectivity index (χ3v) is 5.84. The van der Waals surface area contributed by atoms with Crippen LogP contribution in [0.3, 0.4) is 0 Å². The predicted octanol–water partition coefficient (Wildman–Crippen LogP) is 5.38. The number of hydrazone groups is 1. The quantitative estimate of drug-likeness (QED) is 0.335. The summed E-state index contributed by atoms with van der Waals surface area (Å²) >= 11 is 6.31. The standard InChI is InChI=1S/C26H29ClN4O3/c1-5-34-26(33)29-24(20-9-7-6-8-10-20)15-25(32)30-28-16-21-13-18(3)31(19(21)4)22-12-11-17(2)23(27)14-22/h6-14,16,24H,5,15H2,1-4H3,(H,29,33)(H,30,32)/b28-16-/t24-/m0/s1. The van der Waals surface area contributed by atoms with Gasteiger partial charge in [-0.25, -0.2) is 10.2 Å². The summed E-state index contributed by atoms with van der Waals surface area (Å²) in [5, 5.41) is 7.57. The average Bonchev–Trinajstić information content (AvgIpc) is 3.09. The molecular formula is C26H29ClN4O3. The van der Waals surface area contributed by atoms with Gasteiger partial charge in [-0.05, 0) is 57.0 Å². The zero-order chi connectivity index (χ0) is 24.7. The fourth-order valence-electron chi connectivity index (χ4n) is 3.69. The lowest BCUT2D eigenvalue weighted by Gasteiger charge is -2.18. The molecule has 2 aromatic carbocycles. The maximum atomic E-state index is 12.6. The van der Waals surface area contributed by atoms with Gasteiger partial charge in [0.2, 0.25) is 5.91 Å². The number of nitrogens with zero attached hydrogens (tertiary/aromatic N) is 2. The van der Waals surface area contributed by atoms with Crippen LogP contribution in [-0.4, -0.2) is 29.4 Å². The van der Waals surface area contributed by atoms with Gasteiger partial charge in [-0.15, -0.1) is 0 Å². The summed E-state index contributed by atoms with van der Waals surface area (Å²) in [6, 6.07) is 16.7. The highest BCUT2D eigenvalue weighted by molar-refractivity contribution is 6.31. The number of nitrogens with one attached hydrogen (secondary N) is 2. The van der Waals surface area contributed by atoms with Crippen LogP contribution in [0.4, 0.5) is 4.79 Å². The molecule has 34 heavy (non-hydrogen) atoms. The van der Waals surface area contributed by atoms with Crippen molar-refractivity contribution in [3.05, 3.63) is 87.7 Å². The Hall–Kier alpha value is -3.58. The van der Waals surface area contributed by atoms with Crippen molar-refractivity contribution in [3.63, 3.8) is 0 Å². The fraction of sp³-hybridized carbons (Fsp3) is 0.269. The molecule has 178 valence electrons. The molecule has 1 heterocycles. The Morgan fingerprint density at radius 3 is 2.53 bits per heavy atom. The Bertz CT molecular complexity index is 1190. The summed E-state index contributed by atoms with van der Waals surface area (Å²) in [7, 11) is 0. The SMILES string of the molecule is CCOC(=O)N[C@@H](CC(=O)N/N=C\c1cc(C)n(-c2ccc(C)c(Cl)c2)c1C)c1ccccc1. The monoisotopic (exact) mass is 480 g/mol. The molecule has 0 spiro atoms. The van der Waals surface area contributed by atoms with Crippen molar-refractivity contribution in [2.45, 2.75) is 40.2 Å².